The Kier molecular flexibility index (Phi) is 12.5. The van der Waals surface area contributed by atoms with Crippen LogP contribution >= 0.6 is 0 Å². The van der Waals surface area contributed by atoms with Crippen LogP contribution in [-0.2, 0) is 24.3 Å². The van der Waals surface area contributed by atoms with Crippen LogP contribution in [0.4, 0.5) is 0 Å². The maximum atomic E-state index is 10.7. The van der Waals surface area contributed by atoms with Crippen molar-refractivity contribution in [3.63, 3.8) is 0 Å². The maximum Gasteiger partial charge on any atom is 0.344 e. The summed E-state index contributed by atoms with van der Waals surface area (Å²) in [5.41, 5.74) is 0. The van der Waals surface area contributed by atoms with Crippen LogP contribution in [0.25, 0.3) is 0 Å². The van der Waals surface area contributed by atoms with Gasteiger partial charge in [0.25, 0.3) is 0 Å². The zero-order valence-electron chi connectivity index (χ0n) is 14.1. The normalized spacial score (nSPS) is 10.6. The van der Waals surface area contributed by atoms with Crippen LogP contribution in [0.5, 0.6) is 0 Å². The highest BCUT2D eigenvalue weighted by Crippen LogP contribution is 2.09. The highest BCUT2D eigenvalue weighted by atomic mass is 17.2. The molecule has 0 aliphatic carbocycles. The SMILES string of the molecule is C=C(OOC(C)C)C(C)C.CC(C)OOC(=O)C(C)C. The second kappa shape index (κ2) is 11.7. The van der Waals surface area contributed by atoms with Gasteiger partial charge in [-0.1, -0.05) is 34.3 Å². The Balaban J connectivity index is 0. The molecule has 0 unspecified atom stereocenters. The molecule has 5 heteroatoms. The second-order valence-electron chi connectivity index (χ2n) is 5.55. The van der Waals surface area contributed by atoms with E-state index in [2.05, 4.69) is 16.4 Å². The quantitative estimate of drug-likeness (QED) is 0.402. The molecule has 0 saturated heterocycles. The first kappa shape index (κ1) is 21.2. The fraction of sp³-hybridized carbons (Fsp3) is 0.800. The van der Waals surface area contributed by atoms with Crippen molar-refractivity contribution in [3.8, 4) is 0 Å². The Hall–Kier alpha value is -1.07. The first-order valence-corrected chi connectivity index (χ1v) is 6.97. The molecule has 0 heterocycles. The minimum absolute atomic E-state index is 0.0669. The molecule has 0 spiro atoms. The van der Waals surface area contributed by atoms with Gasteiger partial charge in [0.2, 0.25) is 0 Å². The van der Waals surface area contributed by atoms with Gasteiger partial charge in [0, 0.05) is 5.92 Å². The van der Waals surface area contributed by atoms with Crippen molar-refractivity contribution in [2.24, 2.45) is 11.8 Å². The molecular formula is C15H30O5. The largest absolute Gasteiger partial charge is 0.344 e. The molecule has 0 fully saturated rings. The summed E-state index contributed by atoms with van der Waals surface area (Å²) in [4.78, 5) is 29.5. The van der Waals surface area contributed by atoms with E-state index in [0.29, 0.717) is 11.7 Å². The van der Waals surface area contributed by atoms with Crippen LogP contribution < -0.4 is 0 Å². The van der Waals surface area contributed by atoms with Crippen molar-refractivity contribution in [3.05, 3.63) is 12.3 Å². The van der Waals surface area contributed by atoms with Crippen molar-refractivity contribution in [1.29, 1.82) is 0 Å². The molecule has 0 radical (unpaired) electrons. The van der Waals surface area contributed by atoms with Crippen molar-refractivity contribution in [2.75, 3.05) is 0 Å². The van der Waals surface area contributed by atoms with Crippen LogP contribution in [0.2, 0.25) is 0 Å². The number of carbonyl (C=O) groups is 1. The van der Waals surface area contributed by atoms with E-state index in [0.717, 1.165) is 0 Å². The standard InChI is InChI=1S/C8H16O2.C7H14O3/c1-6(2)8(5)10-9-7(3)4;1-5(2)7(8)10-9-6(3)4/h6-7H,5H2,1-4H3;5-6H,1-4H3. The van der Waals surface area contributed by atoms with Crippen molar-refractivity contribution < 1.29 is 24.3 Å². The Morgan fingerprint density at radius 1 is 0.750 bits per heavy atom. The molecule has 0 aromatic rings. The van der Waals surface area contributed by atoms with Crippen molar-refractivity contribution in [1.82, 2.24) is 0 Å². The summed E-state index contributed by atoms with van der Waals surface area (Å²) < 4.78 is 0. The second-order valence-corrected chi connectivity index (χ2v) is 5.55. The number of rotatable bonds is 7. The highest BCUT2D eigenvalue weighted by Gasteiger charge is 2.09. The van der Waals surface area contributed by atoms with E-state index in [9.17, 15) is 4.79 Å². The number of allylic oxidation sites excluding steroid dienone is 1. The topological polar surface area (TPSA) is 54.0 Å². The van der Waals surface area contributed by atoms with Crippen molar-refractivity contribution in [2.45, 2.75) is 67.6 Å². The molecule has 0 aliphatic rings. The predicted molar refractivity (Wildman–Crippen MR) is 78.4 cm³/mol. The predicted octanol–water partition coefficient (Wildman–Crippen LogP) is 4.04. The van der Waals surface area contributed by atoms with E-state index in [1.807, 2.05) is 27.7 Å². The van der Waals surface area contributed by atoms with Gasteiger partial charge in [-0.15, -0.1) is 0 Å². The summed E-state index contributed by atoms with van der Waals surface area (Å²) in [6.07, 6.45) is 0.0261. The third-order valence-electron chi connectivity index (χ3n) is 1.79. The summed E-state index contributed by atoms with van der Waals surface area (Å²) in [6.45, 7) is 18.6. The highest BCUT2D eigenvalue weighted by molar-refractivity contribution is 5.70. The van der Waals surface area contributed by atoms with Gasteiger partial charge in [-0.05, 0) is 27.7 Å². The third kappa shape index (κ3) is 15.0. The molecule has 5 nitrogen and oxygen atoms in total. The molecule has 0 atom stereocenters. The van der Waals surface area contributed by atoms with Gasteiger partial charge in [-0.25, -0.2) is 4.79 Å². The van der Waals surface area contributed by atoms with Gasteiger partial charge in [0.05, 0.1) is 18.1 Å². The lowest BCUT2D eigenvalue weighted by Crippen LogP contribution is -2.15. The van der Waals surface area contributed by atoms with E-state index in [-0.39, 0.29) is 24.1 Å². The fourth-order valence-electron chi connectivity index (χ4n) is 0.494. The van der Waals surface area contributed by atoms with Gasteiger partial charge in [-0.3, -0.25) is 4.89 Å². The zero-order valence-corrected chi connectivity index (χ0v) is 14.1. The van der Waals surface area contributed by atoms with Crippen LogP contribution in [0, 0.1) is 11.8 Å². The minimum Gasteiger partial charge on any atom is -0.342 e. The monoisotopic (exact) mass is 290 g/mol. The molecule has 20 heavy (non-hydrogen) atoms. The van der Waals surface area contributed by atoms with Gasteiger partial charge < -0.3 is 4.89 Å². The van der Waals surface area contributed by atoms with E-state index in [1.165, 1.54) is 0 Å². The van der Waals surface area contributed by atoms with Gasteiger partial charge in [-0.2, -0.15) is 9.78 Å². The van der Waals surface area contributed by atoms with E-state index < -0.39 is 0 Å². The van der Waals surface area contributed by atoms with Crippen LogP contribution in [0.15, 0.2) is 12.3 Å². The molecule has 0 N–H and O–H groups in total. The minimum atomic E-state index is -0.325. The summed E-state index contributed by atoms with van der Waals surface area (Å²) in [5.74, 6) is 0.542. The Morgan fingerprint density at radius 3 is 1.45 bits per heavy atom. The summed E-state index contributed by atoms with van der Waals surface area (Å²) in [6, 6.07) is 0. The van der Waals surface area contributed by atoms with Gasteiger partial charge in [0.15, 0.2) is 0 Å². The van der Waals surface area contributed by atoms with Crippen LogP contribution in [-0.4, -0.2) is 18.2 Å². The first-order chi connectivity index (χ1) is 9.07. The van der Waals surface area contributed by atoms with Gasteiger partial charge >= 0.3 is 5.97 Å². The van der Waals surface area contributed by atoms with E-state index in [4.69, 9.17) is 9.78 Å². The molecule has 0 amide bonds. The lowest BCUT2D eigenvalue weighted by Gasteiger charge is -2.11. The molecule has 0 aromatic carbocycles. The Labute approximate surface area is 123 Å². The number of hydrogen-bond acceptors (Lipinski definition) is 5. The lowest BCUT2D eigenvalue weighted by atomic mass is 10.2. The van der Waals surface area contributed by atoms with Crippen LogP contribution in [0.1, 0.15) is 55.4 Å². The fourth-order valence-corrected chi connectivity index (χ4v) is 0.494. The molecular weight excluding hydrogens is 260 g/mol. The average Bonchev–Trinajstić information content (AvgIpc) is 2.33. The van der Waals surface area contributed by atoms with Crippen LogP contribution in [0.3, 0.4) is 0 Å². The molecule has 0 aromatic heterocycles. The molecule has 0 saturated carbocycles. The molecule has 0 bridgehead atoms. The first-order valence-electron chi connectivity index (χ1n) is 6.97. The summed E-state index contributed by atoms with van der Waals surface area (Å²) in [7, 11) is 0. The van der Waals surface area contributed by atoms with Gasteiger partial charge in [0.1, 0.15) is 5.76 Å². The molecule has 0 rings (SSSR count). The van der Waals surface area contributed by atoms with E-state index in [1.54, 1.807) is 27.7 Å². The smallest absolute Gasteiger partial charge is 0.342 e. The third-order valence-corrected chi connectivity index (χ3v) is 1.79. The molecule has 0 aliphatic heterocycles. The Bertz CT molecular complexity index is 241. The number of carbonyl (C=O) groups excluding carboxylic acids is 1. The van der Waals surface area contributed by atoms with E-state index >= 15 is 0 Å². The summed E-state index contributed by atoms with van der Waals surface area (Å²) >= 11 is 0. The number of hydrogen-bond donors (Lipinski definition) is 0. The Morgan fingerprint density at radius 2 is 1.15 bits per heavy atom. The van der Waals surface area contributed by atoms with Crippen molar-refractivity contribution >= 4 is 5.97 Å². The molecule has 120 valence electrons. The average molecular weight is 290 g/mol. The maximum absolute atomic E-state index is 10.7. The zero-order chi connectivity index (χ0) is 16.3. The summed E-state index contributed by atoms with van der Waals surface area (Å²) in [5, 5.41) is 0. The lowest BCUT2D eigenvalue weighted by molar-refractivity contribution is -0.293.